The molecule has 1 saturated carbocycles. The van der Waals surface area contributed by atoms with E-state index in [1.54, 1.807) is 6.20 Å². The minimum atomic E-state index is 0.182. The second-order valence-electron chi connectivity index (χ2n) is 6.95. The molecule has 18 heavy (non-hydrogen) atoms. The van der Waals surface area contributed by atoms with Gasteiger partial charge in [-0.1, -0.05) is 25.8 Å². The Morgan fingerprint density at radius 3 is 2.28 bits per heavy atom. The van der Waals surface area contributed by atoms with Crippen LogP contribution in [0.1, 0.15) is 59.8 Å². The summed E-state index contributed by atoms with van der Waals surface area (Å²) in [6.07, 6.45) is 9.12. The molecule has 2 unspecified atom stereocenters. The number of piperidine rings is 1. The van der Waals surface area contributed by atoms with Crippen LogP contribution in [-0.4, -0.2) is 18.1 Å². The van der Waals surface area contributed by atoms with Gasteiger partial charge in [0.05, 0.1) is 0 Å². The third kappa shape index (κ3) is 5.90. The molecule has 1 aliphatic heterocycles. The Bertz CT molecular complexity index is 242. The lowest BCUT2D eigenvalue weighted by atomic mass is 9.74. The van der Waals surface area contributed by atoms with Gasteiger partial charge in [-0.2, -0.15) is 0 Å². The summed E-state index contributed by atoms with van der Waals surface area (Å²) in [6, 6.07) is 0.786. The highest BCUT2D eigenvalue weighted by atomic mass is 14.9. The fraction of sp³-hybridized carbons (Fsp3) is 0.875. The van der Waals surface area contributed by atoms with Crippen LogP contribution in [0.2, 0.25) is 0 Å². The van der Waals surface area contributed by atoms with Crippen molar-refractivity contribution in [1.29, 1.82) is 0 Å². The molecule has 0 radical (unpaired) electrons. The summed E-state index contributed by atoms with van der Waals surface area (Å²) >= 11 is 0. The summed E-state index contributed by atoms with van der Waals surface area (Å²) in [6.45, 7) is 13.4. The molecule has 0 bridgehead atoms. The zero-order chi connectivity index (χ0) is 13.6. The van der Waals surface area contributed by atoms with Crippen LogP contribution in [0, 0.1) is 11.8 Å². The van der Waals surface area contributed by atoms with Crippen LogP contribution in [0.3, 0.4) is 0 Å². The molecule has 2 nitrogen and oxygen atoms in total. The van der Waals surface area contributed by atoms with Gasteiger partial charge in [-0.05, 0) is 65.1 Å². The second-order valence-corrected chi connectivity index (χ2v) is 6.95. The number of nitrogens with one attached hydrogen (secondary N) is 2. The molecule has 1 aliphatic carbocycles. The maximum atomic E-state index is 3.58. The van der Waals surface area contributed by atoms with Gasteiger partial charge in [-0.15, -0.1) is 0 Å². The average molecular weight is 252 g/mol. The van der Waals surface area contributed by atoms with E-state index in [1.165, 1.54) is 38.6 Å². The number of rotatable bonds is 1. The van der Waals surface area contributed by atoms with Crippen molar-refractivity contribution in [2.75, 3.05) is 6.54 Å². The first-order chi connectivity index (χ1) is 8.42. The Kier molecular flexibility index (Phi) is 6.20. The predicted molar refractivity (Wildman–Crippen MR) is 80.6 cm³/mol. The van der Waals surface area contributed by atoms with Gasteiger partial charge in [0.2, 0.25) is 0 Å². The van der Waals surface area contributed by atoms with Crippen molar-refractivity contribution in [2.45, 2.75) is 71.4 Å². The van der Waals surface area contributed by atoms with Crippen LogP contribution in [-0.2, 0) is 0 Å². The monoisotopic (exact) mass is 252 g/mol. The zero-order valence-corrected chi connectivity index (χ0v) is 12.8. The number of fused-ring (bicyclic) bond motifs is 1. The molecule has 106 valence electrons. The molecule has 2 aliphatic rings. The quantitative estimate of drug-likeness (QED) is 0.743. The van der Waals surface area contributed by atoms with E-state index in [9.17, 15) is 0 Å². The van der Waals surface area contributed by atoms with E-state index in [-0.39, 0.29) is 5.54 Å². The second kappa shape index (κ2) is 7.18. The van der Waals surface area contributed by atoms with Gasteiger partial charge in [0.15, 0.2) is 0 Å². The van der Waals surface area contributed by atoms with Crippen LogP contribution >= 0.6 is 0 Å². The fourth-order valence-electron chi connectivity index (χ4n) is 3.06. The van der Waals surface area contributed by atoms with E-state index in [0.29, 0.717) is 0 Å². The molecule has 3 atom stereocenters. The molecule has 2 heteroatoms. The topological polar surface area (TPSA) is 24.1 Å². The van der Waals surface area contributed by atoms with Crippen LogP contribution in [0.15, 0.2) is 12.8 Å². The Labute approximate surface area is 114 Å². The number of hydrogen-bond donors (Lipinski definition) is 2. The minimum absolute atomic E-state index is 0.182. The summed E-state index contributed by atoms with van der Waals surface area (Å²) < 4.78 is 0. The standard InChI is InChI=1S/C10H19N.C6H13N/c1-8-6-9-4-2-3-5-10(9)7-11-8;1-5-7-6(2,3)4/h8-11H,2-7H2,1H3;5,7H,1H2,2-4H3/t8-,9?,10?;/m1./s1. The van der Waals surface area contributed by atoms with Crippen LogP contribution in [0.5, 0.6) is 0 Å². The molecule has 2 fully saturated rings. The first-order valence-corrected chi connectivity index (χ1v) is 7.54. The van der Waals surface area contributed by atoms with Crippen molar-refractivity contribution >= 4 is 0 Å². The third-order valence-electron chi connectivity index (χ3n) is 3.99. The molecular formula is C16H32N2. The number of hydrogen-bond acceptors (Lipinski definition) is 2. The Hall–Kier alpha value is -0.500. The molecule has 2 rings (SSSR count). The van der Waals surface area contributed by atoms with Gasteiger partial charge >= 0.3 is 0 Å². The highest BCUT2D eigenvalue weighted by molar-refractivity contribution is 4.84. The fourth-order valence-corrected chi connectivity index (χ4v) is 3.06. The van der Waals surface area contributed by atoms with Gasteiger partial charge < -0.3 is 10.6 Å². The lowest BCUT2D eigenvalue weighted by Crippen LogP contribution is -2.43. The summed E-state index contributed by atoms with van der Waals surface area (Å²) in [5.74, 6) is 2.10. The summed E-state index contributed by atoms with van der Waals surface area (Å²) in [4.78, 5) is 0. The molecule has 0 aromatic heterocycles. The van der Waals surface area contributed by atoms with Gasteiger partial charge in [0, 0.05) is 11.6 Å². The van der Waals surface area contributed by atoms with E-state index in [2.05, 4.69) is 44.9 Å². The first-order valence-electron chi connectivity index (χ1n) is 7.54. The highest BCUT2D eigenvalue weighted by Crippen LogP contribution is 2.34. The smallest absolute Gasteiger partial charge is 0.0283 e. The van der Waals surface area contributed by atoms with Crippen molar-refractivity contribution in [3.8, 4) is 0 Å². The average Bonchev–Trinajstić information content (AvgIpc) is 2.28. The van der Waals surface area contributed by atoms with E-state index in [1.807, 2.05) is 0 Å². The third-order valence-corrected chi connectivity index (χ3v) is 3.99. The SMILES string of the molecule is C=CNC(C)(C)C.C[C@@H]1CC2CCCCC2CN1. The normalized spacial score (nSPS) is 31.7. The van der Waals surface area contributed by atoms with E-state index >= 15 is 0 Å². The van der Waals surface area contributed by atoms with Crippen molar-refractivity contribution in [3.05, 3.63) is 12.8 Å². The van der Waals surface area contributed by atoms with Gasteiger partial charge in [0.25, 0.3) is 0 Å². The maximum absolute atomic E-state index is 3.58. The van der Waals surface area contributed by atoms with Crippen molar-refractivity contribution in [3.63, 3.8) is 0 Å². The Morgan fingerprint density at radius 1 is 1.17 bits per heavy atom. The van der Waals surface area contributed by atoms with Gasteiger partial charge in [-0.25, -0.2) is 0 Å². The lowest BCUT2D eigenvalue weighted by Gasteiger charge is -2.38. The van der Waals surface area contributed by atoms with Crippen LogP contribution < -0.4 is 10.6 Å². The summed E-state index contributed by atoms with van der Waals surface area (Å²) in [7, 11) is 0. The molecule has 0 aromatic rings. The highest BCUT2D eigenvalue weighted by Gasteiger charge is 2.29. The molecule has 0 aromatic carbocycles. The predicted octanol–water partition coefficient (Wildman–Crippen LogP) is 3.69. The zero-order valence-electron chi connectivity index (χ0n) is 12.8. The van der Waals surface area contributed by atoms with E-state index in [0.717, 1.165) is 17.9 Å². The molecule has 0 amide bonds. The van der Waals surface area contributed by atoms with Crippen LogP contribution in [0.4, 0.5) is 0 Å². The molecule has 0 spiro atoms. The lowest BCUT2D eigenvalue weighted by molar-refractivity contribution is 0.159. The maximum Gasteiger partial charge on any atom is 0.0283 e. The summed E-state index contributed by atoms with van der Waals surface area (Å²) in [5, 5.41) is 6.63. The molecule has 1 heterocycles. The van der Waals surface area contributed by atoms with E-state index in [4.69, 9.17) is 0 Å². The van der Waals surface area contributed by atoms with E-state index < -0.39 is 0 Å². The molecule has 1 saturated heterocycles. The minimum Gasteiger partial charge on any atom is -0.387 e. The molecular weight excluding hydrogens is 220 g/mol. The Morgan fingerprint density at radius 2 is 1.78 bits per heavy atom. The summed E-state index contributed by atoms with van der Waals surface area (Å²) in [5.41, 5.74) is 0.182. The first kappa shape index (κ1) is 15.6. The van der Waals surface area contributed by atoms with Gasteiger partial charge in [0.1, 0.15) is 0 Å². The van der Waals surface area contributed by atoms with Gasteiger partial charge in [-0.3, -0.25) is 0 Å². The van der Waals surface area contributed by atoms with Crippen molar-refractivity contribution in [2.24, 2.45) is 11.8 Å². The van der Waals surface area contributed by atoms with Crippen LogP contribution in [0.25, 0.3) is 0 Å². The van der Waals surface area contributed by atoms with Crippen molar-refractivity contribution in [1.82, 2.24) is 10.6 Å². The molecule has 2 N–H and O–H groups in total. The van der Waals surface area contributed by atoms with Crippen molar-refractivity contribution < 1.29 is 0 Å². The largest absolute Gasteiger partial charge is 0.387 e. The Balaban J connectivity index is 0.000000203.